The molecule has 0 spiro atoms. The van der Waals surface area contributed by atoms with Crippen molar-refractivity contribution < 1.29 is 19.1 Å². The molecule has 7 heteroatoms. The molecule has 2 fully saturated rings. The van der Waals surface area contributed by atoms with Crippen molar-refractivity contribution in [3.8, 4) is 0 Å². The molecule has 25 heavy (non-hydrogen) atoms. The molecule has 0 unspecified atom stereocenters. The Balaban J connectivity index is 1.46. The van der Waals surface area contributed by atoms with Gasteiger partial charge in [-0.15, -0.1) is 0 Å². The average molecular weight is 349 g/mol. The second-order valence-electron chi connectivity index (χ2n) is 7.17. The lowest BCUT2D eigenvalue weighted by Crippen LogP contribution is -2.55. The number of nitrogens with one attached hydrogen (secondary N) is 2. The number of benzene rings is 1. The number of anilines is 1. The first-order chi connectivity index (χ1) is 11.9. The minimum Gasteiger partial charge on any atom is -0.480 e. The summed E-state index contributed by atoms with van der Waals surface area (Å²) in [4.78, 5) is 25.1. The van der Waals surface area contributed by atoms with E-state index in [1.54, 1.807) is 12.1 Å². The van der Waals surface area contributed by atoms with E-state index in [1.807, 2.05) is 11.8 Å². The molecule has 0 aliphatic heterocycles. The SMILES string of the molecule is Cc1ccc(F)c(NC(=O)NC2CC(N(CC(=O)O)CC3CC3)C2)c1. The standard InChI is InChI=1S/C18H24FN3O3/c1-11-2-5-15(19)16(6-11)21-18(25)20-13-7-14(8-13)22(10-17(23)24)9-12-3-4-12/h2,5-6,12-14H,3-4,7-10H2,1H3,(H,23,24)(H2,20,21,25). The van der Waals surface area contributed by atoms with Crippen molar-refractivity contribution in [1.29, 1.82) is 0 Å². The quantitative estimate of drug-likeness (QED) is 0.707. The van der Waals surface area contributed by atoms with Crippen LogP contribution in [0.2, 0.25) is 0 Å². The number of rotatable bonds is 7. The lowest BCUT2D eigenvalue weighted by Gasteiger charge is -2.42. The van der Waals surface area contributed by atoms with Crippen LogP contribution in [0.5, 0.6) is 0 Å². The molecule has 0 saturated heterocycles. The van der Waals surface area contributed by atoms with Crippen molar-refractivity contribution in [2.45, 2.75) is 44.7 Å². The van der Waals surface area contributed by atoms with Crippen LogP contribution in [0.25, 0.3) is 0 Å². The van der Waals surface area contributed by atoms with Gasteiger partial charge in [0.15, 0.2) is 0 Å². The van der Waals surface area contributed by atoms with E-state index in [-0.39, 0.29) is 24.3 Å². The Kier molecular flexibility index (Phi) is 5.22. The van der Waals surface area contributed by atoms with Crippen LogP contribution < -0.4 is 10.6 Å². The molecular weight excluding hydrogens is 325 g/mol. The van der Waals surface area contributed by atoms with E-state index in [0.29, 0.717) is 5.92 Å². The maximum absolute atomic E-state index is 13.7. The van der Waals surface area contributed by atoms with Gasteiger partial charge in [-0.2, -0.15) is 0 Å². The molecule has 2 amide bonds. The molecule has 6 nitrogen and oxygen atoms in total. The van der Waals surface area contributed by atoms with Crippen LogP contribution in [0.1, 0.15) is 31.2 Å². The monoisotopic (exact) mass is 349 g/mol. The summed E-state index contributed by atoms with van der Waals surface area (Å²) in [7, 11) is 0. The highest BCUT2D eigenvalue weighted by molar-refractivity contribution is 5.89. The van der Waals surface area contributed by atoms with Gasteiger partial charge in [-0.1, -0.05) is 6.07 Å². The van der Waals surface area contributed by atoms with Crippen LogP contribution >= 0.6 is 0 Å². The van der Waals surface area contributed by atoms with Crippen molar-refractivity contribution in [3.05, 3.63) is 29.6 Å². The summed E-state index contributed by atoms with van der Waals surface area (Å²) in [6, 6.07) is 4.31. The number of carbonyl (C=O) groups is 2. The predicted molar refractivity (Wildman–Crippen MR) is 92.0 cm³/mol. The third kappa shape index (κ3) is 4.92. The molecule has 2 saturated carbocycles. The van der Waals surface area contributed by atoms with E-state index >= 15 is 0 Å². The molecule has 3 rings (SSSR count). The Bertz CT molecular complexity index is 657. The lowest BCUT2D eigenvalue weighted by molar-refractivity contribution is -0.139. The zero-order valence-corrected chi connectivity index (χ0v) is 14.3. The van der Waals surface area contributed by atoms with E-state index in [1.165, 1.54) is 18.9 Å². The molecule has 0 bridgehead atoms. The summed E-state index contributed by atoms with van der Waals surface area (Å²) < 4.78 is 13.7. The van der Waals surface area contributed by atoms with Crippen LogP contribution in [0.3, 0.4) is 0 Å². The number of hydrogen-bond acceptors (Lipinski definition) is 3. The van der Waals surface area contributed by atoms with Gasteiger partial charge in [-0.05, 0) is 56.2 Å². The van der Waals surface area contributed by atoms with Gasteiger partial charge in [-0.25, -0.2) is 9.18 Å². The van der Waals surface area contributed by atoms with Gasteiger partial charge >= 0.3 is 12.0 Å². The molecular formula is C18H24FN3O3. The minimum atomic E-state index is -0.815. The van der Waals surface area contributed by atoms with Gasteiger partial charge in [0.05, 0.1) is 12.2 Å². The summed E-state index contributed by atoms with van der Waals surface area (Å²) >= 11 is 0. The van der Waals surface area contributed by atoms with Crippen molar-refractivity contribution in [1.82, 2.24) is 10.2 Å². The maximum atomic E-state index is 13.7. The minimum absolute atomic E-state index is 0.00614. The second kappa shape index (κ2) is 7.39. The van der Waals surface area contributed by atoms with Gasteiger partial charge in [0.2, 0.25) is 0 Å². The van der Waals surface area contributed by atoms with Crippen LogP contribution in [0.4, 0.5) is 14.9 Å². The molecule has 136 valence electrons. The molecule has 1 aromatic rings. The summed E-state index contributed by atoms with van der Waals surface area (Å²) in [6.07, 6.45) is 3.80. The summed E-state index contributed by atoms with van der Waals surface area (Å²) in [5.41, 5.74) is 1.03. The van der Waals surface area contributed by atoms with Crippen LogP contribution in [-0.4, -0.2) is 47.2 Å². The fourth-order valence-corrected chi connectivity index (χ4v) is 3.23. The zero-order chi connectivity index (χ0) is 18.0. The van der Waals surface area contributed by atoms with Crippen molar-refractivity contribution in [3.63, 3.8) is 0 Å². The average Bonchev–Trinajstić information content (AvgIpc) is 3.29. The predicted octanol–water partition coefficient (Wildman–Crippen LogP) is 2.58. The van der Waals surface area contributed by atoms with Gasteiger partial charge < -0.3 is 15.7 Å². The maximum Gasteiger partial charge on any atom is 0.319 e. The fourth-order valence-electron chi connectivity index (χ4n) is 3.23. The van der Waals surface area contributed by atoms with Crippen LogP contribution in [-0.2, 0) is 4.79 Å². The smallest absolute Gasteiger partial charge is 0.319 e. The number of carboxylic acids is 1. The number of nitrogens with zero attached hydrogens (tertiary/aromatic N) is 1. The molecule has 3 N–H and O–H groups in total. The van der Waals surface area contributed by atoms with Crippen LogP contribution in [0, 0.1) is 18.7 Å². The van der Waals surface area contributed by atoms with Gasteiger partial charge in [0, 0.05) is 18.6 Å². The highest BCUT2D eigenvalue weighted by Crippen LogP contribution is 2.33. The van der Waals surface area contributed by atoms with E-state index < -0.39 is 17.8 Å². The molecule has 0 aromatic heterocycles. The number of amides is 2. The third-order valence-electron chi connectivity index (χ3n) is 4.86. The number of halogens is 1. The fraction of sp³-hybridized carbons (Fsp3) is 0.556. The first-order valence-electron chi connectivity index (χ1n) is 8.70. The number of hydrogen-bond donors (Lipinski definition) is 3. The van der Waals surface area contributed by atoms with Crippen molar-refractivity contribution >= 4 is 17.7 Å². The van der Waals surface area contributed by atoms with Gasteiger partial charge in [0.1, 0.15) is 5.82 Å². The Labute approximate surface area is 146 Å². The Morgan fingerprint density at radius 3 is 2.68 bits per heavy atom. The molecule has 0 heterocycles. The number of aryl methyl sites for hydroxylation is 1. The normalized spacial score (nSPS) is 22.4. The topological polar surface area (TPSA) is 81.7 Å². The van der Waals surface area contributed by atoms with E-state index in [2.05, 4.69) is 10.6 Å². The summed E-state index contributed by atoms with van der Waals surface area (Å²) in [6.45, 7) is 2.70. The molecule has 1 aromatic carbocycles. The van der Waals surface area contributed by atoms with E-state index in [4.69, 9.17) is 5.11 Å². The summed E-state index contributed by atoms with van der Waals surface area (Å²) in [5, 5.41) is 14.4. The highest BCUT2D eigenvalue weighted by Gasteiger charge is 2.37. The highest BCUT2D eigenvalue weighted by atomic mass is 19.1. The third-order valence-corrected chi connectivity index (χ3v) is 4.86. The number of urea groups is 1. The first-order valence-corrected chi connectivity index (χ1v) is 8.70. The Morgan fingerprint density at radius 1 is 1.32 bits per heavy atom. The number of carbonyl (C=O) groups excluding carboxylic acids is 1. The molecule has 2 aliphatic rings. The Morgan fingerprint density at radius 2 is 2.04 bits per heavy atom. The zero-order valence-electron chi connectivity index (χ0n) is 14.3. The lowest BCUT2D eigenvalue weighted by atomic mass is 9.85. The largest absolute Gasteiger partial charge is 0.480 e. The second-order valence-corrected chi connectivity index (χ2v) is 7.17. The van der Waals surface area contributed by atoms with Crippen LogP contribution in [0.15, 0.2) is 18.2 Å². The first kappa shape index (κ1) is 17.7. The molecule has 2 aliphatic carbocycles. The summed E-state index contributed by atoms with van der Waals surface area (Å²) in [5.74, 6) is -0.659. The Hall–Kier alpha value is -2.15. The molecule has 0 radical (unpaired) electrons. The van der Waals surface area contributed by atoms with Crippen molar-refractivity contribution in [2.24, 2.45) is 5.92 Å². The van der Waals surface area contributed by atoms with E-state index in [0.717, 1.165) is 24.9 Å². The van der Waals surface area contributed by atoms with Crippen molar-refractivity contribution in [2.75, 3.05) is 18.4 Å². The number of aliphatic carboxylic acids is 1. The van der Waals surface area contributed by atoms with Gasteiger partial charge in [-0.3, -0.25) is 9.69 Å². The number of carboxylic acid groups (broad SMARTS) is 1. The van der Waals surface area contributed by atoms with Gasteiger partial charge in [0.25, 0.3) is 0 Å². The molecule has 0 atom stereocenters. The van der Waals surface area contributed by atoms with E-state index in [9.17, 15) is 14.0 Å².